The molecule has 0 spiro atoms. The molecule has 0 radical (unpaired) electrons. The number of nitrogens with one attached hydrogen (secondary N) is 2. The maximum atomic E-state index is 11.8. The number of benzene rings is 1. The third-order valence-corrected chi connectivity index (χ3v) is 2.80. The van der Waals surface area contributed by atoms with E-state index in [-0.39, 0.29) is 6.03 Å². The molecule has 4 nitrogen and oxygen atoms in total. The van der Waals surface area contributed by atoms with E-state index in [4.69, 9.17) is 12.2 Å². The van der Waals surface area contributed by atoms with Gasteiger partial charge in [0.1, 0.15) is 4.99 Å². The fourth-order valence-corrected chi connectivity index (χ4v) is 1.69. The lowest BCUT2D eigenvalue weighted by molar-refractivity contribution is 0.256. The number of nitrogens with zero attached hydrogens (tertiary/aromatic N) is 1. The van der Waals surface area contributed by atoms with Gasteiger partial charge in [0.05, 0.1) is 0 Å². The van der Waals surface area contributed by atoms with E-state index in [2.05, 4.69) is 15.6 Å². The Kier molecular flexibility index (Phi) is 4.20. The van der Waals surface area contributed by atoms with Crippen LogP contribution < -0.4 is 10.6 Å². The smallest absolute Gasteiger partial charge is 0.308 e. The van der Waals surface area contributed by atoms with Crippen LogP contribution in [0.2, 0.25) is 0 Å². The summed E-state index contributed by atoms with van der Waals surface area (Å²) in [6.07, 6.45) is 3.26. The van der Waals surface area contributed by atoms with Gasteiger partial charge in [0.25, 0.3) is 0 Å². The van der Waals surface area contributed by atoms with Crippen LogP contribution in [0.15, 0.2) is 48.8 Å². The molecule has 0 atom stereocenters. The zero-order chi connectivity index (χ0) is 13.7. The molecular weight excluding hydrogens is 258 g/mol. The molecule has 0 saturated carbocycles. The van der Waals surface area contributed by atoms with Crippen molar-refractivity contribution < 1.29 is 4.79 Å². The van der Waals surface area contributed by atoms with Gasteiger partial charge in [0.15, 0.2) is 0 Å². The highest BCUT2D eigenvalue weighted by Crippen LogP contribution is 2.08. The van der Waals surface area contributed by atoms with Crippen molar-refractivity contribution in [1.82, 2.24) is 10.3 Å². The van der Waals surface area contributed by atoms with Gasteiger partial charge in [0, 0.05) is 23.6 Å². The van der Waals surface area contributed by atoms with Crippen molar-refractivity contribution in [2.45, 2.75) is 6.92 Å². The Morgan fingerprint density at radius 1 is 1.21 bits per heavy atom. The van der Waals surface area contributed by atoms with Gasteiger partial charge in [-0.2, -0.15) is 0 Å². The molecule has 2 aromatic rings. The number of carbonyl (C=O) groups is 1. The molecular formula is C14H13N3OS. The normalized spacial score (nSPS) is 9.74. The van der Waals surface area contributed by atoms with Crippen molar-refractivity contribution in [3.8, 4) is 0 Å². The summed E-state index contributed by atoms with van der Waals surface area (Å²) < 4.78 is 0. The van der Waals surface area contributed by atoms with E-state index in [1.807, 2.05) is 31.2 Å². The van der Waals surface area contributed by atoms with E-state index in [1.165, 1.54) is 0 Å². The first kappa shape index (κ1) is 13.2. The minimum Gasteiger partial charge on any atom is -0.308 e. The second-order valence-corrected chi connectivity index (χ2v) is 4.42. The van der Waals surface area contributed by atoms with Gasteiger partial charge >= 0.3 is 6.03 Å². The molecule has 0 fully saturated rings. The minimum atomic E-state index is -0.363. The molecule has 2 amide bonds. The van der Waals surface area contributed by atoms with Crippen molar-refractivity contribution in [3.05, 3.63) is 59.9 Å². The van der Waals surface area contributed by atoms with Crippen molar-refractivity contribution in [2.75, 3.05) is 5.32 Å². The SMILES string of the molecule is Cc1ccc(NC(=O)NC(=S)c2cccnc2)cc1. The summed E-state index contributed by atoms with van der Waals surface area (Å²) in [6.45, 7) is 1.99. The van der Waals surface area contributed by atoms with E-state index in [0.717, 1.165) is 11.3 Å². The molecule has 5 heteroatoms. The quantitative estimate of drug-likeness (QED) is 0.826. The first-order valence-electron chi connectivity index (χ1n) is 5.74. The van der Waals surface area contributed by atoms with Crippen molar-refractivity contribution in [2.24, 2.45) is 0 Å². The number of aryl methyl sites for hydroxylation is 1. The van der Waals surface area contributed by atoms with Crippen molar-refractivity contribution in [1.29, 1.82) is 0 Å². The summed E-state index contributed by atoms with van der Waals surface area (Å²) in [5, 5.41) is 5.31. The van der Waals surface area contributed by atoms with Gasteiger partial charge < -0.3 is 5.32 Å². The highest BCUT2D eigenvalue weighted by Gasteiger charge is 2.06. The van der Waals surface area contributed by atoms with Crippen LogP contribution >= 0.6 is 12.2 Å². The Morgan fingerprint density at radius 2 is 1.95 bits per heavy atom. The van der Waals surface area contributed by atoms with E-state index >= 15 is 0 Å². The lowest BCUT2D eigenvalue weighted by Gasteiger charge is -2.08. The Bertz CT molecular complexity index is 581. The van der Waals surface area contributed by atoms with Crippen LogP contribution in [0.3, 0.4) is 0 Å². The van der Waals surface area contributed by atoms with Crippen LogP contribution in [-0.2, 0) is 0 Å². The van der Waals surface area contributed by atoms with E-state index in [0.29, 0.717) is 10.6 Å². The van der Waals surface area contributed by atoms with Crippen LogP contribution in [0, 0.1) is 6.92 Å². The summed E-state index contributed by atoms with van der Waals surface area (Å²) in [6, 6.07) is 10.7. The molecule has 1 aromatic heterocycles. The second kappa shape index (κ2) is 6.06. The number of amides is 2. The highest BCUT2D eigenvalue weighted by atomic mass is 32.1. The highest BCUT2D eigenvalue weighted by molar-refractivity contribution is 7.80. The minimum absolute atomic E-state index is 0.345. The van der Waals surface area contributed by atoms with Gasteiger partial charge in [0.2, 0.25) is 0 Å². The fourth-order valence-electron chi connectivity index (χ4n) is 1.47. The monoisotopic (exact) mass is 271 g/mol. The van der Waals surface area contributed by atoms with Gasteiger partial charge in [-0.1, -0.05) is 29.9 Å². The number of hydrogen-bond donors (Lipinski definition) is 2. The van der Waals surface area contributed by atoms with Crippen LogP contribution in [0.5, 0.6) is 0 Å². The molecule has 96 valence electrons. The predicted molar refractivity (Wildman–Crippen MR) is 79.3 cm³/mol. The molecule has 1 aromatic carbocycles. The first-order valence-corrected chi connectivity index (χ1v) is 6.15. The van der Waals surface area contributed by atoms with Gasteiger partial charge in [-0.25, -0.2) is 4.79 Å². The molecule has 0 unspecified atom stereocenters. The zero-order valence-corrected chi connectivity index (χ0v) is 11.2. The second-order valence-electron chi connectivity index (χ2n) is 4.02. The molecule has 2 N–H and O–H groups in total. The summed E-state index contributed by atoms with van der Waals surface area (Å²) in [7, 11) is 0. The third kappa shape index (κ3) is 3.86. The molecule has 0 saturated heterocycles. The van der Waals surface area contributed by atoms with Gasteiger partial charge in [-0.05, 0) is 31.2 Å². The molecule has 0 aliphatic carbocycles. The van der Waals surface area contributed by atoms with Crippen LogP contribution in [-0.4, -0.2) is 16.0 Å². The fraction of sp³-hybridized carbons (Fsp3) is 0.0714. The Balaban J connectivity index is 1.95. The number of rotatable bonds is 2. The molecule has 1 heterocycles. The lowest BCUT2D eigenvalue weighted by Crippen LogP contribution is -2.33. The maximum absolute atomic E-state index is 11.8. The first-order chi connectivity index (χ1) is 9.15. The Morgan fingerprint density at radius 3 is 2.58 bits per heavy atom. The number of anilines is 1. The van der Waals surface area contributed by atoms with Crippen molar-refractivity contribution in [3.63, 3.8) is 0 Å². The van der Waals surface area contributed by atoms with Crippen LogP contribution in [0.4, 0.5) is 10.5 Å². The van der Waals surface area contributed by atoms with Gasteiger partial charge in [-0.15, -0.1) is 0 Å². The summed E-state index contributed by atoms with van der Waals surface area (Å²) >= 11 is 5.12. The van der Waals surface area contributed by atoms with Gasteiger partial charge in [-0.3, -0.25) is 10.3 Å². The number of aromatic nitrogens is 1. The van der Waals surface area contributed by atoms with E-state index < -0.39 is 0 Å². The Labute approximate surface area is 116 Å². The molecule has 0 bridgehead atoms. The molecule has 0 aliphatic heterocycles. The number of urea groups is 1. The van der Waals surface area contributed by atoms with Crippen molar-refractivity contribution >= 4 is 28.9 Å². The largest absolute Gasteiger partial charge is 0.324 e. The van der Waals surface area contributed by atoms with Crippen LogP contribution in [0.25, 0.3) is 0 Å². The predicted octanol–water partition coefficient (Wildman–Crippen LogP) is 2.89. The number of hydrogen-bond acceptors (Lipinski definition) is 3. The molecule has 2 rings (SSSR count). The number of thiocarbonyl (C=S) groups is 1. The summed E-state index contributed by atoms with van der Waals surface area (Å²) in [5.74, 6) is 0. The topological polar surface area (TPSA) is 54.0 Å². The van der Waals surface area contributed by atoms with E-state index in [1.54, 1.807) is 24.5 Å². The summed E-state index contributed by atoms with van der Waals surface area (Å²) in [5.41, 5.74) is 2.56. The summed E-state index contributed by atoms with van der Waals surface area (Å²) in [4.78, 5) is 16.0. The average molecular weight is 271 g/mol. The lowest BCUT2D eigenvalue weighted by atomic mass is 10.2. The maximum Gasteiger partial charge on any atom is 0.324 e. The number of pyridine rings is 1. The Hall–Kier alpha value is -2.27. The average Bonchev–Trinajstić information content (AvgIpc) is 2.42. The van der Waals surface area contributed by atoms with Crippen LogP contribution in [0.1, 0.15) is 11.1 Å². The molecule has 19 heavy (non-hydrogen) atoms. The van der Waals surface area contributed by atoms with E-state index in [9.17, 15) is 4.79 Å². The molecule has 0 aliphatic rings. The third-order valence-electron chi connectivity index (χ3n) is 2.46. The number of carbonyl (C=O) groups excluding carboxylic acids is 1. The zero-order valence-electron chi connectivity index (χ0n) is 10.4. The standard InChI is InChI=1S/C14H13N3OS/c1-10-4-6-12(7-5-10)16-14(18)17-13(19)11-3-2-8-15-9-11/h2-9H,1H3,(H2,16,17,18,19).